The van der Waals surface area contributed by atoms with Gasteiger partial charge in [-0.15, -0.1) is 0 Å². The summed E-state index contributed by atoms with van der Waals surface area (Å²) in [4.78, 5) is 14.9. The average molecular weight is 399 g/mol. The Kier molecular flexibility index (Phi) is 6.04. The number of hydrogen-bond acceptors (Lipinski definition) is 3. The zero-order valence-electron chi connectivity index (χ0n) is 14.3. The number of anilines is 1. The summed E-state index contributed by atoms with van der Waals surface area (Å²) in [6, 6.07) is 10.8. The maximum Gasteiger partial charge on any atom is 0.416 e. The molecule has 2 aromatic rings. The quantitative estimate of drug-likeness (QED) is 0.831. The molecule has 1 aliphatic rings. The number of carbonyl (C=O) groups is 1. The lowest BCUT2D eigenvalue weighted by molar-refractivity contribution is -0.137. The molecular weight excluding hydrogens is 381 g/mol. The number of carbonyl (C=O) groups excluding carboxylic acids is 1. The molecule has 1 heterocycles. The molecule has 0 aromatic heterocycles. The number of halogens is 4. The highest BCUT2D eigenvalue weighted by molar-refractivity contribution is 6.30. The van der Waals surface area contributed by atoms with Gasteiger partial charge in [-0.05, 0) is 35.9 Å². The van der Waals surface area contributed by atoms with Gasteiger partial charge in [0, 0.05) is 23.8 Å². The molecule has 0 bridgehead atoms. The summed E-state index contributed by atoms with van der Waals surface area (Å²) in [5.74, 6) is -0.404. The van der Waals surface area contributed by atoms with Crippen LogP contribution in [-0.4, -0.2) is 37.1 Å². The van der Waals surface area contributed by atoms with Gasteiger partial charge in [0.2, 0.25) is 5.91 Å². The van der Waals surface area contributed by atoms with E-state index in [1.54, 1.807) is 24.3 Å². The molecule has 1 saturated heterocycles. The third-order valence-electron chi connectivity index (χ3n) is 4.30. The van der Waals surface area contributed by atoms with Crippen molar-refractivity contribution in [3.05, 3.63) is 64.7 Å². The van der Waals surface area contributed by atoms with Gasteiger partial charge in [0.15, 0.2) is 0 Å². The van der Waals surface area contributed by atoms with Crippen LogP contribution >= 0.6 is 11.6 Å². The highest BCUT2D eigenvalue weighted by atomic mass is 35.5. The molecule has 2 aromatic carbocycles. The fraction of sp³-hybridized carbons (Fsp3) is 0.316. The van der Waals surface area contributed by atoms with Crippen molar-refractivity contribution >= 4 is 23.2 Å². The van der Waals surface area contributed by atoms with E-state index < -0.39 is 23.7 Å². The molecule has 0 radical (unpaired) electrons. The summed E-state index contributed by atoms with van der Waals surface area (Å²) in [7, 11) is 0. The molecule has 1 fully saturated rings. The third kappa shape index (κ3) is 5.00. The lowest BCUT2D eigenvalue weighted by Crippen LogP contribution is -2.43. The molecule has 1 atom stereocenters. The van der Waals surface area contributed by atoms with Gasteiger partial charge in [0.05, 0.1) is 18.8 Å². The Morgan fingerprint density at radius 1 is 1.11 bits per heavy atom. The topological polar surface area (TPSA) is 41.6 Å². The van der Waals surface area contributed by atoms with Crippen LogP contribution in [0.4, 0.5) is 18.9 Å². The summed E-state index contributed by atoms with van der Waals surface area (Å²) in [6.07, 6.45) is -4.47. The maximum atomic E-state index is 13.0. The summed E-state index contributed by atoms with van der Waals surface area (Å²) in [5, 5.41) is 3.15. The predicted octanol–water partition coefficient (Wildman–Crippen LogP) is 4.37. The lowest BCUT2D eigenvalue weighted by atomic mass is 10.0. The smallest absolute Gasteiger partial charge is 0.379 e. The number of alkyl halides is 3. The van der Waals surface area contributed by atoms with Gasteiger partial charge in [0.1, 0.15) is 6.04 Å². The summed E-state index contributed by atoms with van der Waals surface area (Å²) in [5.41, 5.74) is 0.00235. The van der Waals surface area contributed by atoms with Crippen molar-refractivity contribution in [2.45, 2.75) is 12.2 Å². The molecule has 144 valence electrons. The molecule has 3 rings (SSSR count). The van der Waals surface area contributed by atoms with Crippen molar-refractivity contribution in [2.24, 2.45) is 0 Å². The highest BCUT2D eigenvalue weighted by Gasteiger charge is 2.32. The third-order valence-corrected chi connectivity index (χ3v) is 4.55. The number of hydrogen-bond donors (Lipinski definition) is 1. The first-order valence-corrected chi connectivity index (χ1v) is 8.78. The van der Waals surface area contributed by atoms with E-state index in [1.165, 1.54) is 12.1 Å². The highest BCUT2D eigenvalue weighted by Crippen LogP contribution is 2.31. The molecule has 1 N–H and O–H groups in total. The van der Waals surface area contributed by atoms with Crippen molar-refractivity contribution in [2.75, 3.05) is 31.6 Å². The lowest BCUT2D eigenvalue weighted by Gasteiger charge is -2.33. The number of amides is 1. The Morgan fingerprint density at radius 2 is 1.78 bits per heavy atom. The average Bonchev–Trinajstić information content (AvgIpc) is 2.64. The van der Waals surface area contributed by atoms with Crippen LogP contribution in [0.1, 0.15) is 17.2 Å². The van der Waals surface area contributed by atoms with Crippen molar-refractivity contribution in [1.29, 1.82) is 0 Å². The zero-order chi connectivity index (χ0) is 19.4. The molecule has 8 heteroatoms. The standard InChI is InChI=1S/C19H18ClF3N2O2/c20-15-6-4-13(5-7-15)17(25-8-10-27-11-9-25)18(26)24-16-3-1-2-14(12-16)19(21,22)23/h1-7,12,17H,8-11H2,(H,24,26)/t17-/m1/s1. The second-order valence-corrected chi connectivity index (χ2v) is 6.61. The first-order valence-electron chi connectivity index (χ1n) is 8.40. The molecular formula is C19H18ClF3N2O2. The van der Waals surface area contributed by atoms with Crippen LogP contribution < -0.4 is 5.32 Å². The summed E-state index contributed by atoms with van der Waals surface area (Å²) < 4.78 is 44.1. The second-order valence-electron chi connectivity index (χ2n) is 6.17. The van der Waals surface area contributed by atoms with Gasteiger partial charge in [-0.3, -0.25) is 9.69 Å². The van der Waals surface area contributed by atoms with Crippen molar-refractivity contribution in [3.63, 3.8) is 0 Å². The molecule has 0 unspecified atom stereocenters. The maximum absolute atomic E-state index is 13.0. The van der Waals surface area contributed by atoms with Gasteiger partial charge < -0.3 is 10.1 Å². The van der Waals surface area contributed by atoms with Crippen molar-refractivity contribution < 1.29 is 22.7 Å². The number of morpholine rings is 1. The second kappa shape index (κ2) is 8.29. The SMILES string of the molecule is O=C(Nc1cccc(C(F)(F)F)c1)[C@@H](c1ccc(Cl)cc1)N1CCOCC1. The number of nitrogens with one attached hydrogen (secondary N) is 1. The minimum Gasteiger partial charge on any atom is -0.379 e. The van der Waals surface area contributed by atoms with E-state index in [2.05, 4.69) is 5.32 Å². The minimum atomic E-state index is -4.47. The van der Waals surface area contributed by atoms with Gasteiger partial charge in [-0.1, -0.05) is 29.8 Å². The van der Waals surface area contributed by atoms with E-state index >= 15 is 0 Å². The number of rotatable bonds is 4. The first-order chi connectivity index (χ1) is 12.8. The largest absolute Gasteiger partial charge is 0.416 e. The van der Waals surface area contributed by atoms with Crippen LogP contribution in [0, 0.1) is 0 Å². The van der Waals surface area contributed by atoms with Crippen LogP contribution in [0.3, 0.4) is 0 Å². The monoisotopic (exact) mass is 398 g/mol. The van der Waals surface area contributed by atoms with E-state index in [-0.39, 0.29) is 5.69 Å². The van der Waals surface area contributed by atoms with E-state index in [0.29, 0.717) is 36.9 Å². The molecule has 0 saturated carbocycles. The number of benzene rings is 2. The van der Waals surface area contributed by atoms with E-state index in [4.69, 9.17) is 16.3 Å². The molecule has 0 aliphatic carbocycles. The van der Waals surface area contributed by atoms with Crippen molar-refractivity contribution in [1.82, 2.24) is 4.90 Å². The predicted molar refractivity (Wildman–Crippen MR) is 96.7 cm³/mol. The Morgan fingerprint density at radius 3 is 2.41 bits per heavy atom. The summed E-state index contributed by atoms with van der Waals surface area (Å²) >= 11 is 5.93. The van der Waals surface area contributed by atoms with Gasteiger partial charge in [-0.25, -0.2) is 0 Å². The fourth-order valence-electron chi connectivity index (χ4n) is 2.99. The molecule has 1 amide bonds. The molecule has 4 nitrogen and oxygen atoms in total. The van der Waals surface area contributed by atoms with Gasteiger partial charge >= 0.3 is 6.18 Å². The van der Waals surface area contributed by atoms with Crippen molar-refractivity contribution in [3.8, 4) is 0 Å². The number of nitrogens with zero attached hydrogens (tertiary/aromatic N) is 1. The van der Waals surface area contributed by atoms with Crippen LogP contribution in [0.25, 0.3) is 0 Å². The Bertz CT molecular complexity index is 790. The van der Waals surface area contributed by atoms with E-state index in [9.17, 15) is 18.0 Å². The van der Waals surface area contributed by atoms with Crippen LogP contribution in [0.15, 0.2) is 48.5 Å². The van der Waals surface area contributed by atoms with Gasteiger partial charge in [0.25, 0.3) is 0 Å². The van der Waals surface area contributed by atoms with Crippen LogP contribution in [-0.2, 0) is 15.7 Å². The van der Waals surface area contributed by atoms with Crippen LogP contribution in [0.5, 0.6) is 0 Å². The fourth-order valence-corrected chi connectivity index (χ4v) is 3.12. The minimum absolute atomic E-state index is 0.0991. The Labute approximate surface area is 159 Å². The van der Waals surface area contributed by atoms with Crippen LogP contribution in [0.2, 0.25) is 5.02 Å². The Balaban J connectivity index is 1.85. The molecule has 0 spiro atoms. The first kappa shape index (κ1) is 19.7. The van der Waals surface area contributed by atoms with E-state index in [1.807, 2.05) is 4.90 Å². The summed E-state index contributed by atoms with van der Waals surface area (Å²) in [6.45, 7) is 2.06. The van der Waals surface area contributed by atoms with E-state index in [0.717, 1.165) is 12.1 Å². The Hall–Kier alpha value is -2.09. The molecule has 1 aliphatic heterocycles. The number of ether oxygens (including phenoxy) is 1. The van der Waals surface area contributed by atoms with Gasteiger partial charge in [-0.2, -0.15) is 13.2 Å². The normalized spacial score (nSPS) is 16.7. The molecule has 27 heavy (non-hydrogen) atoms. The zero-order valence-corrected chi connectivity index (χ0v) is 15.1.